The molecule has 1 atom stereocenters. The first-order valence-corrected chi connectivity index (χ1v) is 10.00. The Balaban J connectivity index is 2.36. The first kappa shape index (κ1) is 19.2. The van der Waals surface area contributed by atoms with E-state index in [2.05, 4.69) is 27.4 Å². The summed E-state index contributed by atoms with van der Waals surface area (Å²) in [4.78, 5) is 6.96. The highest BCUT2D eigenvalue weighted by molar-refractivity contribution is 7.90. The first-order valence-electron chi connectivity index (χ1n) is 7.94. The summed E-state index contributed by atoms with van der Waals surface area (Å²) >= 11 is 0. The third-order valence-corrected chi connectivity index (χ3v) is 4.54. The number of nitrogens with zero attached hydrogens (tertiary/aromatic N) is 2. The maximum atomic E-state index is 11.1. The van der Waals surface area contributed by atoms with Crippen LogP contribution in [0.25, 0.3) is 0 Å². The van der Waals surface area contributed by atoms with Crippen LogP contribution in [-0.2, 0) is 14.6 Å². The molecule has 0 amide bonds. The monoisotopic (exact) mass is 334 g/mol. The average Bonchev–Trinajstić information content (AvgIpc) is 2.48. The minimum atomic E-state index is -2.89. The van der Waals surface area contributed by atoms with Gasteiger partial charge in [-0.1, -0.05) is 0 Å². The zero-order chi connectivity index (χ0) is 16.4. The van der Waals surface area contributed by atoms with Crippen LogP contribution < -0.4 is 10.6 Å². The number of nitrogens with one attached hydrogen (secondary N) is 2. The molecule has 1 fully saturated rings. The Morgan fingerprint density at radius 2 is 2.00 bits per heavy atom. The van der Waals surface area contributed by atoms with Crippen molar-refractivity contribution in [1.82, 2.24) is 15.5 Å². The van der Waals surface area contributed by atoms with Crippen LogP contribution >= 0.6 is 0 Å². The van der Waals surface area contributed by atoms with Crippen LogP contribution in [0.15, 0.2) is 4.99 Å². The normalized spacial score (nSPS) is 19.0. The molecule has 0 aliphatic carbocycles. The van der Waals surface area contributed by atoms with Crippen molar-refractivity contribution in [2.75, 3.05) is 57.9 Å². The van der Waals surface area contributed by atoms with E-state index in [1.165, 1.54) is 6.26 Å². The van der Waals surface area contributed by atoms with Crippen molar-refractivity contribution >= 4 is 15.8 Å². The molecule has 7 nitrogen and oxygen atoms in total. The van der Waals surface area contributed by atoms with Gasteiger partial charge in [0.25, 0.3) is 0 Å². The Bertz CT molecular complexity index is 433. The highest BCUT2D eigenvalue weighted by Crippen LogP contribution is 2.03. The Hall–Kier alpha value is -0.860. The number of ether oxygens (including phenoxy) is 1. The van der Waals surface area contributed by atoms with Gasteiger partial charge in [0.15, 0.2) is 5.96 Å². The van der Waals surface area contributed by atoms with Crippen LogP contribution in [-0.4, -0.2) is 83.3 Å². The van der Waals surface area contributed by atoms with Gasteiger partial charge in [-0.15, -0.1) is 0 Å². The van der Waals surface area contributed by atoms with Crippen molar-refractivity contribution in [1.29, 1.82) is 0 Å². The molecule has 1 rings (SSSR count). The Morgan fingerprint density at radius 3 is 2.59 bits per heavy atom. The molecule has 0 aromatic heterocycles. The lowest BCUT2D eigenvalue weighted by Gasteiger charge is -2.31. The lowest BCUT2D eigenvalue weighted by atomic mass is 10.2. The summed E-state index contributed by atoms with van der Waals surface area (Å²) in [6, 6.07) is 0.371. The van der Waals surface area contributed by atoms with Gasteiger partial charge >= 0.3 is 0 Å². The van der Waals surface area contributed by atoms with E-state index in [1.54, 1.807) is 0 Å². The van der Waals surface area contributed by atoms with Crippen LogP contribution in [0.4, 0.5) is 0 Å². The minimum absolute atomic E-state index is 0.198. The van der Waals surface area contributed by atoms with Crippen LogP contribution in [0.2, 0.25) is 0 Å². The summed E-state index contributed by atoms with van der Waals surface area (Å²) in [5.41, 5.74) is 0. The van der Waals surface area contributed by atoms with E-state index in [-0.39, 0.29) is 5.75 Å². The van der Waals surface area contributed by atoms with Gasteiger partial charge in [0.1, 0.15) is 9.84 Å². The van der Waals surface area contributed by atoms with Crippen molar-refractivity contribution in [2.45, 2.75) is 26.3 Å². The Labute approximate surface area is 134 Å². The van der Waals surface area contributed by atoms with Crippen LogP contribution in [0.1, 0.15) is 20.3 Å². The average molecular weight is 334 g/mol. The van der Waals surface area contributed by atoms with E-state index >= 15 is 0 Å². The van der Waals surface area contributed by atoms with E-state index in [1.807, 2.05) is 6.92 Å². The number of hydrogen-bond donors (Lipinski definition) is 2. The Kier molecular flexibility index (Phi) is 8.74. The van der Waals surface area contributed by atoms with Crippen LogP contribution in [0, 0.1) is 0 Å². The topological polar surface area (TPSA) is 83.0 Å². The van der Waals surface area contributed by atoms with Gasteiger partial charge in [-0.05, 0) is 20.3 Å². The SMILES string of the molecule is CCNC(=NCC(C)N1CCOCC1)NCCCS(C)(=O)=O. The molecular formula is C14H30N4O3S. The first-order chi connectivity index (χ1) is 10.4. The summed E-state index contributed by atoms with van der Waals surface area (Å²) < 4.78 is 27.6. The Morgan fingerprint density at radius 1 is 1.32 bits per heavy atom. The molecule has 1 aliphatic rings. The summed E-state index contributed by atoms with van der Waals surface area (Å²) in [6.45, 7) is 9.76. The standard InChI is InChI=1S/C14H30N4O3S/c1-4-15-14(16-6-5-11-22(3,19)20)17-12-13(2)18-7-9-21-10-8-18/h13H,4-12H2,1-3H3,(H2,15,16,17). The van der Waals surface area contributed by atoms with Crippen molar-refractivity contribution in [2.24, 2.45) is 4.99 Å². The smallest absolute Gasteiger partial charge is 0.191 e. The van der Waals surface area contributed by atoms with Gasteiger partial charge < -0.3 is 15.4 Å². The molecule has 1 heterocycles. The predicted octanol–water partition coefficient (Wildman–Crippen LogP) is -0.303. The number of hydrogen-bond acceptors (Lipinski definition) is 5. The summed E-state index contributed by atoms with van der Waals surface area (Å²) in [6.07, 6.45) is 1.85. The largest absolute Gasteiger partial charge is 0.379 e. The van der Waals surface area contributed by atoms with Gasteiger partial charge in [0.05, 0.1) is 25.5 Å². The molecule has 0 bridgehead atoms. The molecule has 0 radical (unpaired) electrons. The lowest BCUT2D eigenvalue weighted by Crippen LogP contribution is -2.44. The highest BCUT2D eigenvalue weighted by atomic mass is 32.2. The van der Waals surface area contributed by atoms with Gasteiger partial charge in [-0.3, -0.25) is 9.89 Å². The van der Waals surface area contributed by atoms with Crippen molar-refractivity contribution in [3.63, 3.8) is 0 Å². The molecule has 0 saturated carbocycles. The number of morpholine rings is 1. The van der Waals surface area contributed by atoms with Gasteiger partial charge in [0.2, 0.25) is 0 Å². The quantitative estimate of drug-likeness (QED) is 0.360. The molecule has 8 heteroatoms. The molecule has 130 valence electrons. The number of rotatable bonds is 8. The maximum absolute atomic E-state index is 11.1. The van der Waals surface area contributed by atoms with Gasteiger partial charge in [0, 0.05) is 38.5 Å². The van der Waals surface area contributed by atoms with Crippen molar-refractivity contribution in [3.05, 3.63) is 0 Å². The second-order valence-corrected chi connectivity index (χ2v) is 7.89. The molecular weight excluding hydrogens is 304 g/mol. The van der Waals surface area contributed by atoms with E-state index < -0.39 is 9.84 Å². The molecule has 1 saturated heterocycles. The second kappa shape index (κ2) is 10.0. The van der Waals surface area contributed by atoms with Crippen molar-refractivity contribution < 1.29 is 13.2 Å². The van der Waals surface area contributed by atoms with Gasteiger partial charge in [-0.25, -0.2) is 8.42 Å². The molecule has 1 aliphatic heterocycles. The lowest BCUT2D eigenvalue weighted by molar-refractivity contribution is 0.0220. The minimum Gasteiger partial charge on any atom is -0.379 e. The fourth-order valence-corrected chi connectivity index (χ4v) is 2.91. The molecule has 0 aromatic carbocycles. The molecule has 0 spiro atoms. The zero-order valence-corrected chi connectivity index (χ0v) is 14.8. The fourth-order valence-electron chi connectivity index (χ4n) is 2.24. The zero-order valence-electron chi connectivity index (χ0n) is 14.0. The molecule has 22 heavy (non-hydrogen) atoms. The van der Waals surface area contributed by atoms with Crippen LogP contribution in [0.5, 0.6) is 0 Å². The highest BCUT2D eigenvalue weighted by Gasteiger charge is 2.16. The summed E-state index contributed by atoms with van der Waals surface area (Å²) in [5.74, 6) is 0.944. The van der Waals surface area contributed by atoms with E-state index in [0.717, 1.165) is 38.8 Å². The summed E-state index contributed by atoms with van der Waals surface area (Å²) in [5, 5.41) is 6.37. The molecule has 2 N–H and O–H groups in total. The fraction of sp³-hybridized carbons (Fsp3) is 0.929. The number of aliphatic imine (C=N–C) groups is 1. The van der Waals surface area contributed by atoms with Crippen molar-refractivity contribution in [3.8, 4) is 0 Å². The number of sulfone groups is 1. The predicted molar refractivity (Wildman–Crippen MR) is 90.2 cm³/mol. The van der Waals surface area contributed by atoms with E-state index in [4.69, 9.17) is 4.74 Å². The second-order valence-electron chi connectivity index (χ2n) is 5.63. The third-order valence-electron chi connectivity index (χ3n) is 3.51. The number of guanidine groups is 1. The summed E-state index contributed by atoms with van der Waals surface area (Å²) in [7, 11) is -2.89. The molecule has 1 unspecified atom stereocenters. The maximum Gasteiger partial charge on any atom is 0.191 e. The van der Waals surface area contributed by atoms with Gasteiger partial charge in [-0.2, -0.15) is 0 Å². The van der Waals surface area contributed by atoms with E-state index in [9.17, 15) is 8.42 Å². The van der Waals surface area contributed by atoms with E-state index in [0.29, 0.717) is 25.6 Å². The molecule has 0 aromatic rings. The van der Waals surface area contributed by atoms with Crippen LogP contribution in [0.3, 0.4) is 0 Å². The third kappa shape index (κ3) is 8.55.